The number of halogens is 3. The van der Waals surface area contributed by atoms with E-state index in [2.05, 4.69) is 9.47 Å². The largest absolute Gasteiger partial charge is 0.586 e. The minimum absolute atomic E-state index is 0.0688. The first kappa shape index (κ1) is 18.8. The van der Waals surface area contributed by atoms with Crippen molar-refractivity contribution in [2.45, 2.75) is 19.6 Å². The standard InChI is InChI=1S/C19H15F3O5/c1-2-25-18(24)14(17(23)12-4-6-13(20)7-5-12)9-11-3-8-15-16(10-11)27-19(21,22)26-15/h3-8,10,14H,2,9H2,1H3. The van der Waals surface area contributed by atoms with Gasteiger partial charge in [0.25, 0.3) is 0 Å². The second kappa shape index (κ2) is 7.30. The minimum atomic E-state index is -3.76. The number of carbonyl (C=O) groups is 2. The summed E-state index contributed by atoms with van der Waals surface area (Å²) in [4.78, 5) is 25.0. The van der Waals surface area contributed by atoms with E-state index in [1.807, 2.05) is 0 Å². The van der Waals surface area contributed by atoms with Crippen molar-refractivity contribution in [1.82, 2.24) is 0 Å². The van der Waals surface area contributed by atoms with Crippen molar-refractivity contribution in [3.8, 4) is 11.5 Å². The number of rotatable bonds is 6. The summed E-state index contributed by atoms with van der Waals surface area (Å²) in [5.41, 5.74) is 0.547. The zero-order valence-corrected chi connectivity index (χ0v) is 14.2. The van der Waals surface area contributed by atoms with Gasteiger partial charge in [0.15, 0.2) is 17.3 Å². The van der Waals surface area contributed by atoms with Crippen molar-refractivity contribution < 1.29 is 37.0 Å². The number of carbonyl (C=O) groups excluding carboxylic acids is 2. The van der Waals surface area contributed by atoms with Crippen molar-refractivity contribution in [1.29, 1.82) is 0 Å². The Kier molecular flexibility index (Phi) is 5.07. The van der Waals surface area contributed by atoms with Gasteiger partial charge >= 0.3 is 12.3 Å². The number of Topliss-reactive ketones (excluding diaryl/α,β-unsaturated/α-hetero) is 1. The first-order valence-corrected chi connectivity index (χ1v) is 8.14. The third-order valence-corrected chi connectivity index (χ3v) is 3.92. The molecule has 1 heterocycles. The normalized spacial score (nSPS) is 15.3. The molecule has 5 nitrogen and oxygen atoms in total. The first-order valence-electron chi connectivity index (χ1n) is 8.14. The molecule has 1 atom stereocenters. The van der Waals surface area contributed by atoms with Crippen LogP contribution in [0.3, 0.4) is 0 Å². The molecule has 2 aromatic carbocycles. The quantitative estimate of drug-likeness (QED) is 0.434. The highest BCUT2D eigenvalue weighted by atomic mass is 19.3. The zero-order chi connectivity index (χ0) is 19.6. The zero-order valence-electron chi connectivity index (χ0n) is 14.2. The summed E-state index contributed by atoms with van der Waals surface area (Å²) >= 11 is 0. The molecular formula is C19H15F3O5. The van der Waals surface area contributed by atoms with Gasteiger partial charge in [0, 0.05) is 5.56 Å². The highest BCUT2D eigenvalue weighted by molar-refractivity contribution is 6.08. The van der Waals surface area contributed by atoms with Crippen molar-refractivity contribution in [2.24, 2.45) is 5.92 Å². The molecule has 3 rings (SSSR count). The Hall–Kier alpha value is -3.03. The Bertz CT molecular complexity index is 864. The molecule has 0 N–H and O–H groups in total. The topological polar surface area (TPSA) is 61.8 Å². The fourth-order valence-electron chi connectivity index (χ4n) is 2.70. The molecule has 0 aliphatic carbocycles. The van der Waals surface area contributed by atoms with Gasteiger partial charge in [-0.2, -0.15) is 0 Å². The first-order chi connectivity index (χ1) is 12.8. The molecule has 0 amide bonds. The fraction of sp³-hybridized carbons (Fsp3) is 0.263. The van der Waals surface area contributed by atoms with Crippen LogP contribution >= 0.6 is 0 Å². The van der Waals surface area contributed by atoms with Crippen LogP contribution in [0.4, 0.5) is 13.2 Å². The van der Waals surface area contributed by atoms with Crippen LogP contribution in [0, 0.1) is 11.7 Å². The molecule has 0 spiro atoms. The van der Waals surface area contributed by atoms with E-state index in [9.17, 15) is 22.8 Å². The fourth-order valence-corrected chi connectivity index (χ4v) is 2.70. The minimum Gasteiger partial charge on any atom is -0.465 e. The lowest BCUT2D eigenvalue weighted by Crippen LogP contribution is -2.28. The number of hydrogen-bond donors (Lipinski definition) is 0. The van der Waals surface area contributed by atoms with Gasteiger partial charge < -0.3 is 14.2 Å². The van der Waals surface area contributed by atoms with E-state index < -0.39 is 29.8 Å². The van der Waals surface area contributed by atoms with E-state index in [0.717, 1.165) is 12.1 Å². The van der Waals surface area contributed by atoms with Gasteiger partial charge in [0.1, 0.15) is 11.7 Å². The number of fused-ring (bicyclic) bond motifs is 1. The maximum absolute atomic E-state index is 13.1. The molecule has 0 saturated carbocycles. The molecule has 0 bridgehead atoms. The van der Waals surface area contributed by atoms with Crippen LogP contribution in [-0.4, -0.2) is 24.7 Å². The number of esters is 1. The van der Waals surface area contributed by atoms with Gasteiger partial charge in [0.2, 0.25) is 0 Å². The number of hydrogen-bond acceptors (Lipinski definition) is 5. The molecule has 142 valence electrons. The van der Waals surface area contributed by atoms with Gasteiger partial charge in [-0.25, -0.2) is 4.39 Å². The number of ketones is 1. The van der Waals surface area contributed by atoms with Crippen LogP contribution in [0.1, 0.15) is 22.8 Å². The van der Waals surface area contributed by atoms with Gasteiger partial charge in [-0.05, 0) is 55.3 Å². The van der Waals surface area contributed by atoms with E-state index in [-0.39, 0.29) is 30.1 Å². The SMILES string of the molecule is CCOC(=O)C(Cc1ccc2c(c1)OC(F)(F)O2)C(=O)c1ccc(F)cc1. The Morgan fingerprint density at radius 1 is 1.07 bits per heavy atom. The Morgan fingerprint density at radius 3 is 2.41 bits per heavy atom. The highest BCUT2D eigenvalue weighted by Gasteiger charge is 2.43. The summed E-state index contributed by atoms with van der Waals surface area (Å²) < 4.78 is 53.0. The molecule has 27 heavy (non-hydrogen) atoms. The summed E-state index contributed by atoms with van der Waals surface area (Å²) in [6, 6.07) is 8.76. The van der Waals surface area contributed by atoms with E-state index in [1.165, 1.54) is 30.3 Å². The Balaban J connectivity index is 1.85. The highest BCUT2D eigenvalue weighted by Crippen LogP contribution is 2.41. The molecule has 2 aromatic rings. The van der Waals surface area contributed by atoms with Crippen LogP contribution in [0.2, 0.25) is 0 Å². The van der Waals surface area contributed by atoms with Gasteiger partial charge in [-0.15, -0.1) is 8.78 Å². The van der Waals surface area contributed by atoms with Crippen LogP contribution < -0.4 is 9.47 Å². The van der Waals surface area contributed by atoms with E-state index in [0.29, 0.717) is 5.56 Å². The van der Waals surface area contributed by atoms with E-state index in [4.69, 9.17) is 4.74 Å². The van der Waals surface area contributed by atoms with Crippen LogP contribution in [0.5, 0.6) is 11.5 Å². The number of benzene rings is 2. The summed E-state index contributed by atoms with van der Waals surface area (Å²) in [5.74, 6) is -3.37. The average molecular weight is 380 g/mol. The third kappa shape index (κ3) is 4.21. The van der Waals surface area contributed by atoms with Crippen LogP contribution in [-0.2, 0) is 16.0 Å². The molecule has 0 fully saturated rings. The number of alkyl halides is 2. The molecule has 1 unspecified atom stereocenters. The maximum Gasteiger partial charge on any atom is 0.586 e. The summed E-state index contributed by atoms with van der Waals surface area (Å²) in [5, 5.41) is 0. The molecule has 0 saturated heterocycles. The van der Waals surface area contributed by atoms with E-state index in [1.54, 1.807) is 6.92 Å². The molecule has 8 heteroatoms. The predicted octanol–water partition coefficient (Wildman–Crippen LogP) is 3.75. The second-order valence-electron chi connectivity index (χ2n) is 5.83. The van der Waals surface area contributed by atoms with Crippen molar-refractivity contribution >= 4 is 11.8 Å². The lowest BCUT2D eigenvalue weighted by molar-refractivity contribution is -0.286. The van der Waals surface area contributed by atoms with Crippen LogP contribution in [0.15, 0.2) is 42.5 Å². The van der Waals surface area contributed by atoms with Gasteiger partial charge in [0.05, 0.1) is 6.61 Å². The predicted molar refractivity (Wildman–Crippen MR) is 87.2 cm³/mol. The summed E-state index contributed by atoms with van der Waals surface area (Å²) in [7, 11) is 0. The summed E-state index contributed by atoms with van der Waals surface area (Å²) in [6.07, 6.45) is -3.86. The number of ether oxygens (including phenoxy) is 3. The smallest absolute Gasteiger partial charge is 0.465 e. The Morgan fingerprint density at radius 2 is 1.74 bits per heavy atom. The maximum atomic E-state index is 13.1. The second-order valence-corrected chi connectivity index (χ2v) is 5.83. The molecule has 1 aliphatic rings. The van der Waals surface area contributed by atoms with Crippen molar-refractivity contribution in [3.05, 3.63) is 59.4 Å². The monoisotopic (exact) mass is 380 g/mol. The lowest BCUT2D eigenvalue weighted by Gasteiger charge is -2.15. The average Bonchev–Trinajstić information content (AvgIpc) is 2.93. The lowest BCUT2D eigenvalue weighted by atomic mass is 9.91. The van der Waals surface area contributed by atoms with Gasteiger partial charge in [-0.3, -0.25) is 9.59 Å². The Labute approximate surface area is 152 Å². The molecule has 0 aromatic heterocycles. The summed E-state index contributed by atoms with van der Waals surface area (Å²) in [6.45, 7) is 1.67. The third-order valence-electron chi connectivity index (χ3n) is 3.92. The van der Waals surface area contributed by atoms with Gasteiger partial charge in [-0.1, -0.05) is 6.07 Å². The van der Waals surface area contributed by atoms with E-state index >= 15 is 0 Å². The van der Waals surface area contributed by atoms with Crippen molar-refractivity contribution in [3.63, 3.8) is 0 Å². The van der Waals surface area contributed by atoms with Crippen molar-refractivity contribution in [2.75, 3.05) is 6.61 Å². The molecular weight excluding hydrogens is 365 g/mol. The molecule has 1 aliphatic heterocycles. The van der Waals surface area contributed by atoms with Crippen LogP contribution in [0.25, 0.3) is 0 Å². The molecule has 0 radical (unpaired) electrons.